The third-order valence-corrected chi connectivity index (χ3v) is 5.41. The summed E-state index contributed by atoms with van der Waals surface area (Å²) in [5, 5.41) is 12.3. The molecule has 0 saturated carbocycles. The lowest BCUT2D eigenvalue weighted by Gasteiger charge is -2.23. The van der Waals surface area contributed by atoms with Gasteiger partial charge in [-0.25, -0.2) is 8.42 Å². The van der Waals surface area contributed by atoms with Gasteiger partial charge in [-0.3, -0.25) is 4.31 Å². The van der Waals surface area contributed by atoms with Crippen molar-refractivity contribution in [3.63, 3.8) is 0 Å². The molecule has 0 aliphatic rings. The second-order valence-corrected chi connectivity index (χ2v) is 7.78. The van der Waals surface area contributed by atoms with E-state index in [-0.39, 0.29) is 5.75 Å². The van der Waals surface area contributed by atoms with Crippen LogP contribution in [-0.2, 0) is 10.0 Å². The maximum absolute atomic E-state index is 12.1. The van der Waals surface area contributed by atoms with E-state index in [4.69, 9.17) is 4.74 Å². The fraction of sp³-hybridized carbons (Fsp3) is 0.158. The highest BCUT2D eigenvalue weighted by Gasteiger charge is 2.23. The molecule has 130 valence electrons. The van der Waals surface area contributed by atoms with Gasteiger partial charge >= 0.3 is 0 Å². The lowest BCUT2D eigenvalue weighted by Crippen LogP contribution is -2.25. The molecule has 25 heavy (non-hydrogen) atoms. The average molecular weight is 357 g/mol. The molecule has 0 aliphatic heterocycles. The van der Waals surface area contributed by atoms with E-state index >= 15 is 0 Å². The van der Waals surface area contributed by atoms with Crippen LogP contribution in [0.4, 0.5) is 5.69 Å². The van der Waals surface area contributed by atoms with E-state index in [1.54, 1.807) is 24.3 Å². The van der Waals surface area contributed by atoms with Crippen LogP contribution >= 0.6 is 0 Å². The smallest absolute Gasteiger partial charge is 0.232 e. The van der Waals surface area contributed by atoms with E-state index in [2.05, 4.69) is 0 Å². The van der Waals surface area contributed by atoms with Crippen LogP contribution in [0.15, 0.2) is 54.6 Å². The normalized spacial score (nSPS) is 11.5. The monoisotopic (exact) mass is 357 g/mol. The Hall–Kier alpha value is -2.73. The topological polar surface area (TPSA) is 66.8 Å². The molecule has 0 spiro atoms. The summed E-state index contributed by atoms with van der Waals surface area (Å²) < 4.78 is 30.8. The third-order valence-electron chi connectivity index (χ3n) is 4.21. The van der Waals surface area contributed by atoms with Crippen LogP contribution in [0.3, 0.4) is 0 Å². The molecule has 3 aromatic carbocycles. The molecule has 0 bridgehead atoms. The summed E-state index contributed by atoms with van der Waals surface area (Å²) in [5.41, 5.74) is 1.44. The van der Waals surface area contributed by atoms with Gasteiger partial charge in [0.25, 0.3) is 0 Å². The van der Waals surface area contributed by atoms with Gasteiger partial charge in [0.2, 0.25) is 10.0 Å². The summed E-state index contributed by atoms with van der Waals surface area (Å²) in [4.78, 5) is 0. The quantitative estimate of drug-likeness (QED) is 0.774. The number of anilines is 1. The maximum Gasteiger partial charge on any atom is 0.232 e. The number of ether oxygens (including phenoxy) is 1. The van der Waals surface area contributed by atoms with E-state index in [9.17, 15) is 13.5 Å². The summed E-state index contributed by atoms with van der Waals surface area (Å²) in [7, 11) is -0.501. The minimum absolute atomic E-state index is 0.0214. The number of methoxy groups -OCH3 is 1. The Labute approximate surface area is 147 Å². The number of phenols is 1. The number of fused-ring (bicyclic) bond motifs is 1. The van der Waals surface area contributed by atoms with Crippen LogP contribution in [0.5, 0.6) is 11.5 Å². The summed E-state index contributed by atoms with van der Waals surface area (Å²) in [6.45, 7) is 0. The van der Waals surface area contributed by atoms with E-state index < -0.39 is 10.0 Å². The van der Waals surface area contributed by atoms with Crippen molar-refractivity contribution in [2.75, 3.05) is 24.7 Å². The Morgan fingerprint density at radius 3 is 2.36 bits per heavy atom. The third kappa shape index (κ3) is 3.00. The number of aromatic hydroxyl groups is 1. The Kier molecular flexibility index (Phi) is 4.30. The first-order chi connectivity index (χ1) is 11.8. The van der Waals surface area contributed by atoms with Crippen molar-refractivity contribution in [1.82, 2.24) is 0 Å². The van der Waals surface area contributed by atoms with Crippen molar-refractivity contribution in [3.8, 4) is 22.6 Å². The predicted octanol–water partition coefficient (Wildman–Crippen LogP) is 3.62. The molecule has 3 aromatic rings. The van der Waals surface area contributed by atoms with Gasteiger partial charge < -0.3 is 9.84 Å². The fourth-order valence-corrected chi connectivity index (χ4v) is 3.36. The molecule has 0 aromatic heterocycles. The van der Waals surface area contributed by atoms with E-state index in [0.717, 1.165) is 11.6 Å². The molecule has 0 radical (unpaired) electrons. The Bertz CT molecular complexity index is 1040. The SMILES string of the molecule is COc1ccccc1-c1c(N(C)S(C)(=O)=O)cc2ccccc2c1O. The molecule has 5 nitrogen and oxygen atoms in total. The molecular weight excluding hydrogens is 338 g/mol. The predicted molar refractivity (Wildman–Crippen MR) is 101 cm³/mol. The van der Waals surface area contributed by atoms with E-state index in [1.165, 1.54) is 18.5 Å². The first-order valence-corrected chi connectivity index (χ1v) is 9.51. The number of hydrogen-bond donors (Lipinski definition) is 1. The van der Waals surface area contributed by atoms with Gasteiger partial charge in [0.05, 0.1) is 24.6 Å². The molecule has 6 heteroatoms. The Balaban J connectivity index is 2.45. The van der Waals surface area contributed by atoms with Crippen LogP contribution < -0.4 is 9.04 Å². The first kappa shape index (κ1) is 17.1. The largest absolute Gasteiger partial charge is 0.507 e. The maximum atomic E-state index is 12.1. The molecular formula is C19H19NO4S. The van der Waals surface area contributed by atoms with E-state index in [0.29, 0.717) is 28.0 Å². The summed E-state index contributed by atoms with van der Waals surface area (Å²) in [5.74, 6) is 0.573. The molecule has 3 rings (SSSR count). The van der Waals surface area contributed by atoms with Crippen molar-refractivity contribution >= 4 is 26.5 Å². The number of benzene rings is 3. The molecule has 0 saturated heterocycles. The number of hydrogen-bond acceptors (Lipinski definition) is 4. The zero-order valence-corrected chi connectivity index (χ0v) is 15.0. The lowest BCUT2D eigenvalue weighted by molar-refractivity contribution is 0.416. The number of para-hydroxylation sites is 1. The van der Waals surface area contributed by atoms with Gasteiger partial charge in [-0.2, -0.15) is 0 Å². The molecule has 0 fully saturated rings. The molecule has 1 N–H and O–H groups in total. The first-order valence-electron chi connectivity index (χ1n) is 7.66. The molecule has 0 amide bonds. The van der Waals surface area contributed by atoms with Crippen LogP contribution in [-0.4, -0.2) is 33.9 Å². The van der Waals surface area contributed by atoms with Gasteiger partial charge in [-0.05, 0) is 17.5 Å². The van der Waals surface area contributed by atoms with Crippen molar-refractivity contribution in [2.24, 2.45) is 0 Å². The van der Waals surface area contributed by atoms with E-state index in [1.807, 2.05) is 30.3 Å². The van der Waals surface area contributed by atoms with Crippen LogP contribution in [0.1, 0.15) is 0 Å². The Morgan fingerprint density at radius 1 is 1.04 bits per heavy atom. The van der Waals surface area contributed by atoms with Gasteiger partial charge in [-0.1, -0.05) is 42.5 Å². The standard InChI is InChI=1S/C19H19NO4S/c1-20(25(3,22)23)16-12-13-8-4-5-9-14(13)19(21)18(16)15-10-6-7-11-17(15)24-2/h4-12,21H,1-3H3. The highest BCUT2D eigenvalue weighted by Crippen LogP contribution is 2.46. The van der Waals surface area contributed by atoms with Gasteiger partial charge in [0, 0.05) is 18.0 Å². The highest BCUT2D eigenvalue weighted by atomic mass is 32.2. The zero-order chi connectivity index (χ0) is 18.2. The summed E-state index contributed by atoms with van der Waals surface area (Å²) >= 11 is 0. The van der Waals surface area contributed by atoms with Crippen LogP contribution in [0.25, 0.3) is 21.9 Å². The highest BCUT2D eigenvalue weighted by molar-refractivity contribution is 7.92. The van der Waals surface area contributed by atoms with Crippen molar-refractivity contribution in [1.29, 1.82) is 0 Å². The zero-order valence-electron chi connectivity index (χ0n) is 14.2. The number of nitrogens with zero attached hydrogens (tertiary/aromatic N) is 1. The Morgan fingerprint density at radius 2 is 1.68 bits per heavy atom. The van der Waals surface area contributed by atoms with Gasteiger partial charge in [0.15, 0.2) is 0 Å². The van der Waals surface area contributed by atoms with Crippen molar-refractivity contribution < 1.29 is 18.3 Å². The number of phenolic OH excluding ortho intramolecular Hbond substituents is 1. The second kappa shape index (κ2) is 6.29. The van der Waals surface area contributed by atoms with Gasteiger partial charge in [-0.15, -0.1) is 0 Å². The molecule has 0 unspecified atom stereocenters. The summed E-state index contributed by atoms with van der Waals surface area (Å²) in [6.07, 6.45) is 1.13. The minimum Gasteiger partial charge on any atom is -0.507 e. The number of sulfonamides is 1. The van der Waals surface area contributed by atoms with Crippen molar-refractivity contribution in [2.45, 2.75) is 0 Å². The van der Waals surface area contributed by atoms with Gasteiger partial charge in [0.1, 0.15) is 11.5 Å². The summed E-state index contributed by atoms with van der Waals surface area (Å²) in [6, 6.07) is 16.3. The van der Waals surface area contributed by atoms with Crippen LogP contribution in [0, 0.1) is 0 Å². The van der Waals surface area contributed by atoms with Crippen molar-refractivity contribution in [3.05, 3.63) is 54.6 Å². The molecule has 0 heterocycles. The minimum atomic E-state index is -3.51. The molecule has 0 aliphatic carbocycles. The lowest BCUT2D eigenvalue weighted by atomic mass is 9.96. The average Bonchev–Trinajstić information content (AvgIpc) is 2.60. The van der Waals surface area contributed by atoms with Crippen LogP contribution in [0.2, 0.25) is 0 Å². The fourth-order valence-electron chi connectivity index (χ4n) is 2.86. The second-order valence-electron chi connectivity index (χ2n) is 5.77. The number of rotatable bonds is 4. The molecule has 0 atom stereocenters.